The third-order valence-electron chi connectivity index (χ3n) is 2.21. The number of carbonyl (C=O) groups excluding carboxylic acids is 4. The third kappa shape index (κ3) is 3.00. The van der Waals surface area contributed by atoms with Crippen molar-refractivity contribution in [3.8, 4) is 0 Å². The van der Waals surface area contributed by atoms with Crippen molar-refractivity contribution >= 4 is 38.8 Å². The maximum absolute atomic E-state index is 12.8. The Morgan fingerprint density at radius 2 is 1.05 bits per heavy atom. The summed E-state index contributed by atoms with van der Waals surface area (Å²) in [5, 5.41) is 0. The van der Waals surface area contributed by atoms with Gasteiger partial charge >= 0.3 is 126 Å². The summed E-state index contributed by atoms with van der Waals surface area (Å²) >= 11 is 2.90. The molecule has 0 bridgehead atoms. The molecule has 114 valence electrons. The minimum absolute atomic E-state index is 0.849. The molecular weight excluding hydrogens is 351 g/mol. The number of ether oxygens (including phenoxy) is 2. The van der Waals surface area contributed by atoms with E-state index in [1.165, 1.54) is 27.7 Å². The van der Waals surface area contributed by atoms with Crippen molar-refractivity contribution in [3.05, 3.63) is 0 Å². The van der Waals surface area contributed by atoms with Crippen molar-refractivity contribution in [2.24, 2.45) is 0 Å². The quantitative estimate of drug-likeness (QED) is 0.520. The van der Waals surface area contributed by atoms with Gasteiger partial charge in [0.15, 0.2) is 0 Å². The molecule has 0 rings (SSSR count). The van der Waals surface area contributed by atoms with Crippen LogP contribution in [0.4, 0.5) is 19.2 Å². The number of halogens is 2. The topological polar surface area (TPSA) is 104 Å². The van der Waals surface area contributed by atoms with Crippen LogP contribution in [0, 0.1) is 0 Å². The first-order valence-electron chi connectivity index (χ1n) is 5.59. The fourth-order valence-corrected chi connectivity index (χ4v) is 6.26. The van der Waals surface area contributed by atoms with Gasteiger partial charge < -0.3 is 0 Å². The molecule has 7 nitrogen and oxygen atoms in total. The molecule has 0 heterocycles. The second-order valence-corrected chi connectivity index (χ2v) is 12.6. The van der Waals surface area contributed by atoms with Crippen LogP contribution in [-0.2, 0) is 28.1 Å². The van der Waals surface area contributed by atoms with Crippen LogP contribution in [0.25, 0.3) is 0 Å². The summed E-state index contributed by atoms with van der Waals surface area (Å²) in [5.74, 6) is 0. The van der Waals surface area contributed by atoms with Crippen LogP contribution in [0.5, 0.6) is 0 Å². The van der Waals surface area contributed by atoms with Crippen molar-refractivity contribution < 1.29 is 47.3 Å². The van der Waals surface area contributed by atoms with Crippen LogP contribution in [0.15, 0.2) is 0 Å². The van der Waals surface area contributed by atoms with Gasteiger partial charge in [-0.3, -0.25) is 0 Å². The van der Waals surface area contributed by atoms with Crippen LogP contribution in [0.2, 0.25) is 0 Å². The molecule has 10 heteroatoms. The van der Waals surface area contributed by atoms with Gasteiger partial charge in [-0.25, -0.2) is 0 Å². The summed E-state index contributed by atoms with van der Waals surface area (Å²) < 4.78 is 14.4. The van der Waals surface area contributed by atoms with E-state index in [4.69, 9.17) is 23.2 Å². The zero-order valence-corrected chi connectivity index (χ0v) is 14.3. The van der Waals surface area contributed by atoms with Gasteiger partial charge in [-0.15, -0.1) is 0 Å². The summed E-state index contributed by atoms with van der Waals surface area (Å²) in [6.45, 7) is 5.44. The van der Waals surface area contributed by atoms with E-state index in [1.807, 2.05) is 0 Å². The van der Waals surface area contributed by atoms with Crippen molar-refractivity contribution in [3.63, 3.8) is 0 Å². The normalized spacial score (nSPS) is 12.2. The molecule has 0 aromatic rings. The molecule has 0 unspecified atom stereocenters. The van der Waals surface area contributed by atoms with Gasteiger partial charge in [0, 0.05) is 0 Å². The Morgan fingerprint density at radius 1 is 0.800 bits per heavy atom. The summed E-state index contributed by atoms with van der Waals surface area (Å²) in [7, 11) is 0. The van der Waals surface area contributed by atoms with E-state index < -0.39 is 43.1 Å². The molecule has 0 saturated heterocycles. The number of hydrogen-bond donors (Lipinski definition) is 0. The number of hydrogen-bond acceptors (Lipinski definition) is 7. The van der Waals surface area contributed by atoms with Crippen LogP contribution in [0.1, 0.15) is 27.7 Å². The molecular formula is C10H14Cl2O7Ti. The molecule has 0 amide bonds. The van der Waals surface area contributed by atoms with Crippen LogP contribution in [-0.4, -0.2) is 27.9 Å². The SMILES string of the molecule is CC(C)O[C](=O)[Ti](=[O])([C](=O)Cl)([C](=O)Cl)[C](=O)OC(C)C. The van der Waals surface area contributed by atoms with E-state index in [1.54, 1.807) is 0 Å². The first-order chi connectivity index (χ1) is 8.89. The molecule has 0 aliphatic rings. The zero-order chi connectivity index (χ0) is 16.3. The maximum atomic E-state index is 12.8. The summed E-state index contributed by atoms with van der Waals surface area (Å²) in [6.07, 6.45) is -1.70. The fourth-order valence-electron chi connectivity index (χ4n) is 1.13. The zero-order valence-electron chi connectivity index (χ0n) is 11.3. The van der Waals surface area contributed by atoms with Crippen molar-refractivity contribution in [2.75, 3.05) is 0 Å². The Kier molecular flexibility index (Phi) is 6.23. The molecule has 0 saturated carbocycles. The van der Waals surface area contributed by atoms with Gasteiger partial charge in [0.2, 0.25) is 0 Å². The Morgan fingerprint density at radius 3 is 1.20 bits per heavy atom. The predicted molar refractivity (Wildman–Crippen MR) is 66.4 cm³/mol. The van der Waals surface area contributed by atoms with Gasteiger partial charge in [0.1, 0.15) is 0 Å². The average Bonchev–Trinajstić information content (AvgIpc) is 2.24. The molecule has 0 aliphatic heterocycles. The van der Waals surface area contributed by atoms with Crippen LogP contribution in [0.3, 0.4) is 0 Å². The molecule has 0 spiro atoms. The third-order valence-corrected chi connectivity index (χ3v) is 10.3. The Labute approximate surface area is 126 Å². The van der Waals surface area contributed by atoms with Gasteiger partial charge in [-0.2, -0.15) is 0 Å². The van der Waals surface area contributed by atoms with E-state index in [0.717, 1.165) is 0 Å². The van der Waals surface area contributed by atoms with Crippen LogP contribution >= 0.6 is 23.2 Å². The van der Waals surface area contributed by atoms with E-state index in [0.29, 0.717) is 0 Å². The summed E-state index contributed by atoms with van der Waals surface area (Å²) in [5.41, 5.74) is 0. The first-order valence-corrected chi connectivity index (χ1v) is 10.1. The number of carbonyl (C=O) groups is 4. The Balaban J connectivity index is 6.24. The van der Waals surface area contributed by atoms with Gasteiger partial charge in [0.05, 0.1) is 0 Å². The Hall–Kier alpha value is -0.626. The minimum atomic E-state index is -7.34. The van der Waals surface area contributed by atoms with Crippen molar-refractivity contribution in [1.29, 1.82) is 0 Å². The van der Waals surface area contributed by atoms with E-state index in [-0.39, 0.29) is 0 Å². The predicted octanol–water partition coefficient (Wildman–Crippen LogP) is 3.83. The van der Waals surface area contributed by atoms with Gasteiger partial charge in [-0.05, 0) is 0 Å². The van der Waals surface area contributed by atoms with Crippen molar-refractivity contribution in [1.82, 2.24) is 0 Å². The second-order valence-electron chi connectivity index (χ2n) is 4.61. The standard InChI is InChI=1S/2C4H7O2.2CClO.O.Ti/c2*1-4(2)6-3-5;2*2-1-3;;/h2*4H,1-2H3;;;;. The van der Waals surface area contributed by atoms with E-state index in [2.05, 4.69) is 9.47 Å². The molecule has 0 radical (unpaired) electrons. The average molecular weight is 365 g/mol. The number of rotatable bonds is 6. The molecule has 0 aromatic heterocycles. The Bertz CT molecular complexity index is 478. The van der Waals surface area contributed by atoms with Gasteiger partial charge in [-0.1, -0.05) is 0 Å². The molecule has 0 atom stereocenters. The molecule has 0 N–H and O–H groups in total. The summed E-state index contributed by atoms with van der Waals surface area (Å²) in [4.78, 5) is 46.9. The first kappa shape index (κ1) is 19.4. The van der Waals surface area contributed by atoms with Gasteiger partial charge in [0.25, 0.3) is 0 Å². The molecule has 0 fully saturated rings. The second kappa shape index (κ2) is 6.43. The molecule has 0 aliphatic carbocycles. The monoisotopic (exact) mass is 364 g/mol. The van der Waals surface area contributed by atoms with E-state index in [9.17, 15) is 22.5 Å². The molecule has 20 heavy (non-hydrogen) atoms. The summed E-state index contributed by atoms with van der Waals surface area (Å²) in [6, 6.07) is 0. The van der Waals surface area contributed by atoms with E-state index >= 15 is 0 Å². The molecule has 0 aromatic carbocycles. The fraction of sp³-hybridized carbons (Fsp3) is 0.600. The van der Waals surface area contributed by atoms with Crippen LogP contribution < -0.4 is 0 Å². The van der Waals surface area contributed by atoms with Crippen molar-refractivity contribution in [2.45, 2.75) is 39.9 Å².